The van der Waals surface area contributed by atoms with Crippen molar-refractivity contribution in [3.05, 3.63) is 29.8 Å². The zero-order chi connectivity index (χ0) is 15.3. The smallest absolute Gasteiger partial charge is 0.246 e. The molecule has 0 bridgehead atoms. The van der Waals surface area contributed by atoms with Gasteiger partial charge in [-0.2, -0.15) is 0 Å². The number of hydrogen-bond acceptors (Lipinski definition) is 4. The first-order chi connectivity index (χ1) is 9.95. The number of hydrogen-bond donors (Lipinski definition) is 1. The fraction of sp³-hybridized carbons (Fsp3) is 0.533. The lowest BCUT2D eigenvalue weighted by Crippen LogP contribution is -2.28. The molecule has 0 unspecified atom stereocenters. The van der Waals surface area contributed by atoms with Crippen molar-refractivity contribution in [2.24, 2.45) is 0 Å². The van der Waals surface area contributed by atoms with Crippen molar-refractivity contribution in [3.8, 4) is 0 Å². The van der Waals surface area contributed by atoms with Gasteiger partial charge in [-0.1, -0.05) is 25.0 Å². The van der Waals surface area contributed by atoms with E-state index in [9.17, 15) is 13.2 Å². The van der Waals surface area contributed by atoms with Crippen molar-refractivity contribution >= 4 is 15.7 Å². The van der Waals surface area contributed by atoms with Crippen molar-refractivity contribution in [3.63, 3.8) is 0 Å². The predicted molar refractivity (Wildman–Crippen MR) is 79.6 cm³/mol. The minimum atomic E-state index is -3.18. The molecular formula is C15H21NO4S. The number of rotatable bonds is 6. The summed E-state index contributed by atoms with van der Waals surface area (Å²) in [5, 5.41) is 2.77. The van der Waals surface area contributed by atoms with Crippen molar-refractivity contribution < 1.29 is 17.9 Å². The van der Waals surface area contributed by atoms with Gasteiger partial charge in [0.2, 0.25) is 5.91 Å². The van der Waals surface area contributed by atoms with Crippen LogP contribution in [-0.2, 0) is 25.9 Å². The van der Waals surface area contributed by atoms with Crippen LogP contribution in [0.5, 0.6) is 0 Å². The third-order valence-electron chi connectivity index (χ3n) is 3.59. The maximum atomic E-state index is 11.7. The Hall–Kier alpha value is -1.40. The summed E-state index contributed by atoms with van der Waals surface area (Å²) in [6.07, 6.45) is 5.84. The maximum absolute atomic E-state index is 11.7. The Morgan fingerprint density at radius 2 is 1.86 bits per heavy atom. The molecule has 0 aliphatic heterocycles. The summed E-state index contributed by atoms with van der Waals surface area (Å²) >= 11 is 0. The number of ether oxygens (including phenoxy) is 1. The Kier molecular flexibility index (Phi) is 5.36. The van der Waals surface area contributed by atoms with Crippen LogP contribution in [0.1, 0.15) is 31.2 Å². The van der Waals surface area contributed by atoms with Crippen LogP contribution in [0.3, 0.4) is 0 Å². The minimum Gasteiger partial charge on any atom is -0.368 e. The molecule has 1 aromatic carbocycles. The molecule has 1 fully saturated rings. The molecule has 21 heavy (non-hydrogen) atoms. The monoisotopic (exact) mass is 311 g/mol. The van der Waals surface area contributed by atoms with E-state index in [0.29, 0.717) is 6.54 Å². The van der Waals surface area contributed by atoms with Crippen LogP contribution >= 0.6 is 0 Å². The number of carbonyl (C=O) groups excluding carboxylic acids is 1. The molecule has 0 radical (unpaired) electrons. The standard InChI is InChI=1S/C15H21NO4S/c1-21(18,19)14-8-6-12(7-9-14)10-16-15(17)11-20-13-4-2-3-5-13/h6-9,13H,2-5,10-11H2,1H3,(H,16,17). The van der Waals surface area contributed by atoms with Crippen molar-refractivity contribution in [2.75, 3.05) is 12.9 Å². The van der Waals surface area contributed by atoms with Crippen LogP contribution in [0.2, 0.25) is 0 Å². The molecule has 0 aromatic heterocycles. The van der Waals surface area contributed by atoms with Gasteiger partial charge in [0, 0.05) is 12.8 Å². The topological polar surface area (TPSA) is 72.5 Å². The van der Waals surface area contributed by atoms with Crippen molar-refractivity contribution in [1.29, 1.82) is 0 Å². The highest BCUT2D eigenvalue weighted by Crippen LogP contribution is 2.20. The normalized spacial score (nSPS) is 16.0. The van der Waals surface area contributed by atoms with Crippen molar-refractivity contribution in [1.82, 2.24) is 5.32 Å². The number of nitrogens with one attached hydrogen (secondary N) is 1. The van der Waals surface area contributed by atoms with Gasteiger partial charge >= 0.3 is 0 Å². The summed E-state index contributed by atoms with van der Waals surface area (Å²) in [6, 6.07) is 6.50. The lowest BCUT2D eigenvalue weighted by atomic mass is 10.2. The lowest BCUT2D eigenvalue weighted by Gasteiger charge is -2.11. The van der Waals surface area contributed by atoms with E-state index in [0.717, 1.165) is 18.4 Å². The van der Waals surface area contributed by atoms with E-state index in [-0.39, 0.29) is 23.5 Å². The fourth-order valence-electron chi connectivity index (χ4n) is 2.35. The molecule has 0 saturated heterocycles. The Morgan fingerprint density at radius 1 is 1.24 bits per heavy atom. The third kappa shape index (κ3) is 5.13. The summed E-state index contributed by atoms with van der Waals surface area (Å²) < 4.78 is 28.2. The average Bonchev–Trinajstić information content (AvgIpc) is 2.95. The van der Waals surface area contributed by atoms with E-state index in [1.54, 1.807) is 24.3 Å². The Morgan fingerprint density at radius 3 is 2.43 bits per heavy atom. The van der Waals surface area contributed by atoms with Gasteiger partial charge in [0.25, 0.3) is 0 Å². The molecule has 1 amide bonds. The Bertz CT molecular complexity index is 574. The van der Waals surface area contributed by atoms with Gasteiger partial charge in [0.15, 0.2) is 9.84 Å². The zero-order valence-corrected chi connectivity index (χ0v) is 13.0. The summed E-state index contributed by atoms with van der Waals surface area (Å²) in [4.78, 5) is 11.9. The van der Waals surface area contributed by atoms with Crippen molar-refractivity contribution in [2.45, 2.75) is 43.2 Å². The van der Waals surface area contributed by atoms with Gasteiger partial charge in [-0.05, 0) is 30.5 Å². The molecular weight excluding hydrogens is 290 g/mol. The van der Waals surface area contributed by atoms with Gasteiger partial charge in [0.1, 0.15) is 6.61 Å². The molecule has 0 atom stereocenters. The fourth-order valence-corrected chi connectivity index (χ4v) is 2.99. The van der Waals surface area contributed by atoms with Crippen LogP contribution in [0, 0.1) is 0 Å². The number of sulfone groups is 1. The molecule has 0 spiro atoms. The largest absolute Gasteiger partial charge is 0.368 e. The van der Waals surface area contributed by atoms with Crippen LogP contribution in [-0.4, -0.2) is 33.3 Å². The lowest BCUT2D eigenvalue weighted by molar-refractivity contribution is -0.127. The number of carbonyl (C=O) groups is 1. The molecule has 1 saturated carbocycles. The van der Waals surface area contributed by atoms with Gasteiger partial charge in [-0.15, -0.1) is 0 Å². The van der Waals surface area contributed by atoms with Crippen LogP contribution in [0.25, 0.3) is 0 Å². The molecule has 116 valence electrons. The highest BCUT2D eigenvalue weighted by atomic mass is 32.2. The van der Waals surface area contributed by atoms with Crippen LogP contribution in [0.4, 0.5) is 0 Å². The van der Waals surface area contributed by atoms with Gasteiger partial charge in [0.05, 0.1) is 11.0 Å². The Labute approximate surface area is 125 Å². The molecule has 1 aliphatic rings. The number of benzene rings is 1. The summed E-state index contributed by atoms with van der Waals surface area (Å²) in [6.45, 7) is 0.461. The van der Waals surface area contributed by atoms with Gasteiger partial charge in [-0.3, -0.25) is 4.79 Å². The second-order valence-corrected chi connectivity index (χ2v) is 7.43. The second-order valence-electron chi connectivity index (χ2n) is 5.41. The zero-order valence-electron chi connectivity index (χ0n) is 12.2. The van der Waals surface area contributed by atoms with E-state index in [1.807, 2.05) is 0 Å². The first-order valence-corrected chi connectivity index (χ1v) is 9.01. The van der Waals surface area contributed by atoms with E-state index < -0.39 is 9.84 Å². The summed E-state index contributed by atoms with van der Waals surface area (Å²) in [7, 11) is -3.18. The molecule has 1 aromatic rings. The first-order valence-electron chi connectivity index (χ1n) is 7.12. The Balaban J connectivity index is 1.75. The number of amides is 1. The molecule has 6 heteroatoms. The van der Waals surface area contributed by atoms with E-state index in [1.165, 1.54) is 19.1 Å². The van der Waals surface area contributed by atoms with Crippen LogP contribution < -0.4 is 5.32 Å². The maximum Gasteiger partial charge on any atom is 0.246 e. The molecule has 1 N–H and O–H groups in total. The van der Waals surface area contributed by atoms with E-state index in [2.05, 4.69) is 5.32 Å². The molecule has 2 rings (SSSR count). The highest BCUT2D eigenvalue weighted by Gasteiger charge is 2.16. The quantitative estimate of drug-likeness (QED) is 0.867. The van der Waals surface area contributed by atoms with Gasteiger partial charge < -0.3 is 10.1 Å². The average molecular weight is 311 g/mol. The molecule has 1 aliphatic carbocycles. The summed E-state index contributed by atoms with van der Waals surface area (Å²) in [5.41, 5.74) is 0.858. The second kappa shape index (κ2) is 7.04. The minimum absolute atomic E-state index is 0.0894. The summed E-state index contributed by atoms with van der Waals surface area (Å²) in [5.74, 6) is -0.144. The van der Waals surface area contributed by atoms with E-state index >= 15 is 0 Å². The molecule has 0 heterocycles. The first kappa shape index (κ1) is 16.0. The SMILES string of the molecule is CS(=O)(=O)c1ccc(CNC(=O)COC2CCCC2)cc1. The highest BCUT2D eigenvalue weighted by molar-refractivity contribution is 7.90. The van der Waals surface area contributed by atoms with Crippen LogP contribution in [0.15, 0.2) is 29.2 Å². The molecule has 5 nitrogen and oxygen atoms in total. The predicted octanol–water partition coefficient (Wildman–Crippen LogP) is 1.67. The van der Waals surface area contributed by atoms with Gasteiger partial charge in [-0.25, -0.2) is 8.42 Å². The van der Waals surface area contributed by atoms with E-state index in [4.69, 9.17) is 4.74 Å². The third-order valence-corrected chi connectivity index (χ3v) is 4.72.